The molecule has 3 nitrogen and oxygen atoms in total. The Hall–Kier alpha value is -4.84. The van der Waals surface area contributed by atoms with E-state index in [1.54, 1.807) is 0 Å². The summed E-state index contributed by atoms with van der Waals surface area (Å²) in [7, 11) is 0. The third-order valence-corrected chi connectivity index (χ3v) is 8.37. The highest BCUT2D eigenvalue weighted by Crippen LogP contribution is 2.43. The molecule has 6 heteroatoms. The molecule has 7 rings (SSSR count). The molecule has 220 valence electrons. The molecule has 2 aromatic heterocycles. The van der Waals surface area contributed by atoms with Gasteiger partial charge in [0.25, 0.3) is 0 Å². The second-order valence-corrected chi connectivity index (χ2v) is 11.9. The summed E-state index contributed by atoms with van der Waals surface area (Å²) in [6.45, 7) is 7.75. The second-order valence-electron chi connectivity index (χ2n) is 11.9. The lowest BCUT2D eigenvalue weighted by Crippen LogP contribution is -2.13. The molecule has 0 radical (unpaired) electrons. The molecule has 0 aliphatic heterocycles. The van der Waals surface area contributed by atoms with Crippen LogP contribution in [0.2, 0.25) is 0 Å². The molecule has 0 saturated carbocycles. The van der Waals surface area contributed by atoms with Gasteiger partial charge in [-0.25, -0.2) is 4.98 Å². The first-order valence-electron chi connectivity index (χ1n) is 14.9. The largest absolute Gasteiger partial charge is 0.455 e. The molecule has 0 unspecified atom stereocenters. The van der Waals surface area contributed by atoms with Gasteiger partial charge in [-0.3, -0.25) is 4.57 Å². The number of hydrogen-bond acceptors (Lipinski definition) is 2. The van der Waals surface area contributed by atoms with E-state index in [9.17, 15) is 13.2 Å². The topological polar surface area (TPSA) is 31.0 Å². The zero-order chi connectivity index (χ0) is 30.7. The fourth-order valence-electron chi connectivity index (χ4n) is 6.20. The van der Waals surface area contributed by atoms with Gasteiger partial charge in [0.15, 0.2) is 0 Å². The van der Waals surface area contributed by atoms with Crippen molar-refractivity contribution in [3.63, 3.8) is 0 Å². The third-order valence-electron chi connectivity index (χ3n) is 8.37. The molecule has 0 bridgehead atoms. The Morgan fingerprint density at radius 1 is 0.682 bits per heavy atom. The first-order chi connectivity index (χ1) is 21.1. The highest BCUT2D eigenvalue weighted by molar-refractivity contribution is 6.10. The number of fused-ring (bicyclic) bond motifs is 4. The molecule has 0 aliphatic rings. The van der Waals surface area contributed by atoms with E-state index in [2.05, 4.69) is 30.3 Å². The summed E-state index contributed by atoms with van der Waals surface area (Å²) in [5.74, 6) is 0.289. The number of nitrogens with zero attached hydrogens (tertiary/aromatic N) is 2. The number of rotatable bonds is 5. The molecule has 2 heterocycles. The Morgan fingerprint density at radius 3 is 2.05 bits per heavy atom. The Balaban J connectivity index is 1.54. The van der Waals surface area contributed by atoms with E-state index < -0.39 is 11.7 Å². The standard InChI is InChI=1S/C38H31F3N2O/c1-22(2)30-20-26(38(39,40)41)21-31(23(3)4)35(30)43-33-16-9-8-15-32(33)42-37(43)29-14-10-13-28-27-18-17-25(19-34(27)44-36(28)29)24-11-6-5-7-12-24/h5-23H,1-4H3. The van der Waals surface area contributed by atoms with Crippen LogP contribution >= 0.6 is 0 Å². The first-order valence-corrected chi connectivity index (χ1v) is 14.9. The molecule has 0 spiro atoms. The van der Waals surface area contributed by atoms with Crippen LogP contribution in [0, 0.1) is 0 Å². The van der Waals surface area contributed by atoms with Crippen LogP contribution in [0.5, 0.6) is 0 Å². The van der Waals surface area contributed by atoms with Crippen molar-refractivity contribution in [1.82, 2.24) is 9.55 Å². The minimum absolute atomic E-state index is 0.169. The predicted octanol–water partition coefficient (Wildman–Crippen LogP) is 11.5. The van der Waals surface area contributed by atoms with Crippen LogP contribution in [0.25, 0.3) is 61.2 Å². The fourth-order valence-corrected chi connectivity index (χ4v) is 6.20. The quantitative estimate of drug-likeness (QED) is 0.200. The molecule has 0 saturated heterocycles. The molecular weight excluding hydrogens is 557 g/mol. The SMILES string of the molecule is CC(C)c1cc(C(F)(F)F)cc(C(C)C)c1-n1c(-c2cccc3c2oc2cc(-c4ccccc4)ccc23)nc2ccccc21. The first kappa shape index (κ1) is 28.0. The van der Waals surface area contributed by atoms with Crippen LogP contribution in [-0.2, 0) is 6.18 Å². The number of para-hydroxylation sites is 3. The maximum absolute atomic E-state index is 14.1. The maximum Gasteiger partial charge on any atom is 0.416 e. The van der Waals surface area contributed by atoms with Crippen LogP contribution in [0.3, 0.4) is 0 Å². The van der Waals surface area contributed by atoms with Gasteiger partial charge in [0, 0.05) is 10.8 Å². The maximum atomic E-state index is 14.1. The lowest BCUT2D eigenvalue weighted by Gasteiger charge is -2.24. The Bertz CT molecular complexity index is 2140. The molecule has 0 atom stereocenters. The monoisotopic (exact) mass is 588 g/mol. The summed E-state index contributed by atoms with van der Waals surface area (Å²) < 4.78 is 51.0. The van der Waals surface area contributed by atoms with E-state index in [1.807, 2.05) is 92.9 Å². The third kappa shape index (κ3) is 4.57. The lowest BCUT2D eigenvalue weighted by molar-refractivity contribution is -0.137. The zero-order valence-corrected chi connectivity index (χ0v) is 24.9. The van der Waals surface area contributed by atoms with Crippen molar-refractivity contribution in [1.29, 1.82) is 0 Å². The molecular formula is C38H31F3N2O. The van der Waals surface area contributed by atoms with Crippen LogP contribution < -0.4 is 0 Å². The van der Waals surface area contributed by atoms with Crippen LogP contribution in [0.1, 0.15) is 56.2 Å². The van der Waals surface area contributed by atoms with Crippen molar-refractivity contribution in [3.8, 4) is 28.2 Å². The van der Waals surface area contributed by atoms with Gasteiger partial charge in [-0.1, -0.05) is 88.4 Å². The summed E-state index contributed by atoms with van der Waals surface area (Å²) >= 11 is 0. The van der Waals surface area contributed by atoms with Gasteiger partial charge < -0.3 is 4.42 Å². The molecule has 44 heavy (non-hydrogen) atoms. The van der Waals surface area contributed by atoms with Crippen LogP contribution in [-0.4, -0.2) is 9.55 Å². The average Bonchev–Trinajstić information content (AvgIpc) is 3.58. The van der Waals surface area contributed by atoms with Crippen molar-refractivity contribution >= 4 is 33.0 Å². The van der Waals surface area contributed by atoms with Crippen molar-refractivity contribution < 1.29 is 17.6 Å². The van der Waals surface area contributed by atoms with Gasteiger partial charge in [-0.05, 0) is 76.6 Å². The molecule has 7 aromatic rings. The summed E-state index contributed by atoms with van der Waals surface area (Å²) in [5, 5.41) is 1.95. The van der Waals surface area contributed by atoms with E-state index in [1.165, 1.54) is 12.1 Å². The number of imidazole rings is 1. The smallest absolute Gasteiger partial charge is 0.416 e. The van der Waals surface area contributed by atoms with E-state index in [4.69, 9.17) is 9.40 Å². The van der Waals surface area contributed by atoms with Crippen molar-refractivity contribution in [2.24, 2.45) is 0 Å². The minimum Gasteiger partial charge on any atom is -0.455 e. The predicted molar refractivity (Wildman–Crippen MR) is 172 cm³/mol. The van der Waals surface area contributed by atoms with Gasteiger partial charge in [-0.2, -0.15) is 13.2 Å². The Morgan fingerprint density at radius 2 is 1.36 bits per heavy atom. The number of furan rings is 1. The minimum atomic E-state index is -4.45. The van der Waals surface area contributed by atoms with Gasteiger partial charge in [-0.15, -0.1) is 0 Å². The van der Waals surface area contributed by atoms with Crippen LogP contribution in [0.15, 0.2) is 108 Å². The van der Waals surface area contributed by atoms with E-state index in [-0.39, 0.29) is 11.8 Å². The van der Waals surface area contributed by atoms with E-state index in [0.717, 1.165) is 49.8 Å². The molecule has 0 aliphatic carbocycles. The molecule has 0 amide bonds. The van der Waals surface area contributed by atoms with Gasteiger partial charge in [0.05, 0.1) is 27.8 Å². The van der Waals surface area contributed by atoms with Crippen LogP contribution in [0.4, 0.5) is 13.2 Å². The summed E-state index contributed by atoms with van der Waals surface area (Å²) in [4.78, 5) is 5.10. The number of hydrogen-bond donors (Lipinski definition) is 0. The van der Waals surface area contributed by atoms with Crippen molar-refractivity contribution in [3.05, 3.63) is 120 Å². The Kier molecular flexibility index (Phi) is 6.61. The highest BCUT2D eigenvalue weighted by atomic mass is 19.4. The average molecular weight is 589 g/mol. The lowest BCUT2D eigenvalue weighted by atomic mass is 9.89. The molecule has 0 N–H and O–H groups in total. The second kappa shape index (κ2) is 10.4. The highest BCUT2D eigenvalue weighted by Gasteiger charge is 2.34. The molecule has 0 fully saturated rings. The van der Waals surface area contributed by atoms with Gasteiger partial charge in [0.1, 0.15) is 17.0 Å². The number of benzene rings is 5. The van der Waals surface area contributed by atoms with Crippen molar-refractivity contribution in [2.45, 2.75) is 45.7 Å². The summed E-state index contributed by atoms with van der Waals surface area (Å²) in [6.07, 6.45) is -4.45. The molecule has 5 aromatic carbocycles. The summed E-state index contributed by atoms with van der Waals surface area (Å²) in [6, 6.07) is 32.8. The fraction of sp³-hybridized carbons (Fsp3) is 0.184. The Labute approximate surface area is 253 Å². The summed E-state index contributed by atoms with van der Waals surface area (Å²) in [5.41, 5.74) is 7.32. The number of aromatic nitrogens is 2. The van der Waals surface area contributed by atoms with Crippen molar-refractivity contribution in [2.75, 3.05) is 0 Å². The van der Waals surface area contributed by atoms with Gasteiger partial charge in [0.2, 0.25) is 0 Å². The normalized spacial score (nSPS) is 12.4. The zero-order valence-electron chi connectivity index (χ0n) is 24.9. The van der Waals surface area contributed by atoms with E-state index >= 15 is 0 Å². The van der Waals surface area contributed by atoms with Gasteiger partial charge >= 0.3 is 6.18 Å². The van der Waals surface area contributed by atoms with E-state index in [0.29, 0.717) is 22.5 Å². The number of alkyl halides is 3. The number of halogens is 3.